The predicted molar refractivity (Wildman–Crippen MR) is 102 cm³/mol. The van der Waals surface area contributed by atoms with Crippen LogP contribution in [0.25, 0.3) is 0 Å². The van der Waals surface area contributed by atoms with Crippen LogP contribution in [-0.4, -0.2) is 68.3 Å². The highest BCUT2D eigenvalue weighted by atomic mass is 32.2. The number of halogens is 3. The van der Waals surface area contributed by atoms with Gasteiger partial charge in [0.1, 0.15) is 11.4 Å². The van der Waals surface area contributed by atoms with E-state index in [-0.39, 0.29) is 5.60 Å². The number of carboxylic acids is 1. The Kier molecular flexibility index (Phi) is 5.78. The van der Waals surface area contributed by atoms with Crippen molar-refractivity contribution >= 4 is 21.7 Å². The Morgan fingerprint density at radius 3 is 2.30 bits per heavy atom. The highest BCUT2D eigenvalue weighted by Crippen LogP contribution is 2.36. The Balaban J connectivity index is 0.000000318. The van der Waals surface area contributed by atoms with Gasteiger partial charge < -0.3 is 20.5 Å². The summed E-state index contributed by atoms with van der Waals surface area (Å²) in [7, 11) is -3.47. The molecule has 0 aromatic heterocycles. The van der Waals surface area contributed by atoms with E-state index in [0.29, 0.717) is 30.3 Å². The molecule has 0 unspecified atom stereocenters. The average molecular weight is 449 g/mol. The molecule has 0 radical (unpaired) electrons. The second-order valence-corrected chi connectivity index (χ2v) is 9.70. The van der Waals surface area contributed by atoms with Crippen LogP contribution in [0.5, 0.6) is 5.75 Å². The van der Waals surface area contributed by atoms with Gasteiger partial charge in [-0.3, -0.25) is 0 Å². The van der Waals surface area contributed by atoms with E-state index in [4.69, 9.17) is 14.6 Å². The third-order valence-electron chi connectivity index (χ3n) is 4.83. The second kappa shape index (κ2) is 7.75. The fourth-order valence-electron chi connectivity index (χ4n) is 3.29. The molecule has 0 bridgehead atoms. The number of hydrogen-bond donors (Lipinski definition) is 3. The summed E-state index contributed by atoms with van der Waals surface area (Å²) in [6.07, 6.45) is -5.08. The number of anilines is 1. The summed E-state index contributed by atoms with van der Waals surface area (Å²) in [5.74, 6) is -2.06. The number of fused-ring (bicyclic) bond motifs is 1. The Hall–Kier alpha value is -2.31. The number of ether oxygens (including phenoxy) is 1. The van der Waals surface area contributed by atoms with E-state index >= 15 is 0 Å². The largest absolute Gasteiger partial charge is 0.490 e. The van der Waals surface area contributed by atoms with Crippen LogP contribution in [0.3, 0.4) is 0 Å². The minimum Gasteiger partial charge on any atom is -0.484 e. The molecule has 12 heteroatoms. The Labute approximate surface area is 171 Å². The Bertz CT molecular complexity index is 973. The first-order chi connectivity index (χ1) is 13.8. The number of carboxylic acid groups (broad SMARTS) is 1. The second-order valence-electron chi connectivity index (χ2n) is 7.76. The predicted octanol–water partition coefficient (Wildman–Crippen LogP) is 1.81. The number of hydrogen-bond acceptors (Lipinski definition) is 6. The number of sulfonamides is 1. The van der Waals surface area contributed by atoms with Crippen LogP contribution in [-0.2, 0) is 14.8 Å². The van der Waals surface area contributed by atoms with Crippen LogP contribution in [0.2, 0.25) is 0 Å². The van der Waals surface area contributed by atoms with E-state index in [9.17, 15) is 21.6 Å². The topological polar surface area (TPSA) is 108 Å². The summed E-state index contributed by atoms with van der Waals surface area (Å²) in [6, 6.07) is 5.06. The maximum absolute atomic E-state index is 12.9. The zero-order valence-corrected chi connectivity index (χ0v) is 17.2. The fourth-order valence-corrected chi connectivity index (χ4v) is 4.75. The monoisotopic (exact) mass is 449 g/mol. The van der Waals surface area contributed by atoms with Crippen LogP contribution < -0.4 is 15.4 Å². The average Bonchev–Trinajstić information content (AvgIpc) is 3.22. The third kappa shape index (κ3) is 4.71. The van der Waals surface area contributed by atoms with Gasteiger partial charge in [0.05, 0.1) is 17.1 Å². The van der Waals surface area contributed by atoms with E-state index in [0.717, 1.165) is 18.8 Å². The first kappa shape index (κ1) is 22.4. The maximum Gasteiger partial charge on any atom is 0.490 e. The lowest BCUT2D eigenvalue weighted by molar-refractivity contribution is -0.192. The maximum atomic E-state index is 12.9. The van der Waals surface area contributed by atoms with Gasteiger partial charge in [-0.15, -0.1) is 0 Å². The van der Waals surface area contributed by atoms with E-state index in [1.54, 1.807) is 22.5 Å². The van der Waals surface area contributed by atoms with Gasteiger partial charge in [0.15, 0.2) is 0 Å². The van der Waals surface area contributed by atoms with Gasteiger partial charge in [-0.1, -0.05) is 0 Å². The van der Waals surface area contributed by atoms with Crippen molar-refractivity contribution < 1.29 is 36.2 Å². The summed E-state index contributed by atoms with van der Waals surface area (Å²) in [5, 5.41) is 13.7. The van der Waals surface area contributed by atoms with Gasteiger partial charge >= 0.3 is 12.1 Å². The zero-order chi connectivity index (χ0) is 22.3. The van der Waals surface area contributed by atoms with Crippen LogP contribution in [0, 0.1) is 0 Å². The first-order valence-electron chi connectivity index (χ1n) is 9.07. The molecular weight excluding hydrogens is 427 g/mol. The minimum absolute atomic E-state index is 0.292. The van der Waals surface area contributed by atoms with Crippen LogP contribution in [0.15, 0.2) is 34.2 Å². The number of nitrogens with one attached hydrogen (secondary N) is 2. The molecule has 1 aromatic carbocycles. The van der Waals surface area contributed by atoms with E-state index in [2.05, 4.69) is 10.6 Å². The Morgan fingerprint density at radius 1 is 1.20 bits per heavy atom. The minimum atomic E-state index is -5.08. The van der Waals surface area contributed by atoms with Crippen molar-refractivity contribution in [3.8, 4) is 5.75 Å². The molecule has 0 aliphatic carbocycles. The molecule has 3 aliphatic rings. The first-order valence-corrected chi connectivity index (χ1v) is 10.5. The summed E-state index contributed by atoms with van der Waals surface area (Å²) < 4.78 is 65.0. The quantitative estimate of drug-likeness (QED) is 0.591. The van der Waals surface area contributed by atoms with Crippen LogP contribution in [0.1, 0.15) is 13.8 Å². The zero-order valence-electron chi connectivity index (χ0n) is 16.3. The van der Waals surface area contributed by atoms with Gasteiger partial charge in [-0.05, 0) is 43.2 Å². The summed E-state index contributed by atoms with van der Waals surface area (Å²) >= 11 is 0. The molecule has 0 saturated heterocycles. The number of nitrogens with zero attached hydrogens (tertiary/aromatic N) is 1. The lowest BCUT2D eigenvalue weighted by Crippen LogP contribution is -2.40. The molecule has 3 aliphatic heterocycles. The van der Waals surface area contributed by atoms with Gasteiger partial charge in [-0.25, -0.2) is 13.2 Å². The van der Waals surface area contributed by atoms with Gasteiger partial charge in [0.2, 0.25) is 10.0 Å². The molecule has 0 fully saturated rings. The van der Waals surface area contributed by atoms with Crippen molar-refractivity contribution in [2.75, 3.05) is 38.0 Å². The van der Waals surface area contributed by atoms with Crippen molar-refractivity contribution in [3.05, 3.63) is 29.3 Å². The summed E-state index contributed by atoms with van der Waals surface area (Å²) in [4.78, 5) is 9.22. The van der Waals surface area contributed by atoms with E-state index in [1.807, 2.05) is 13.8 Å². The molecule has 8 nitrogen and oxygen atoms in total. The van der Waals surface area contributed by atoms with Crippen LogP contribution in [0.4, 0.5) is 18.9 Å². The number of alkyl halides is 3. The highest BCUT2D eigenvalue weighted by Gasteiger charge is 2.38. The SMILES string of the molecule is CC1(C)CNc2cc(S(=O)(=O)N3CC4=C(CNC4)C3)ccc2O1.O=C(O)C(F)(F)F. The normalized spacial score (nSPS) is 20.4. The van der Waals surface area contributed by atoms with Gasteiger partial charge in [0.25, 0.3) is 0 Å². The van der Waals surface area contributed by atoms with Crippen molar-refractivity contribution in [1.82, 2.24) is 9.62 Å². The molecule has 4 rings (SSSR count). The Morgan fingerprint density at radius 2 is 1.77 bits per heavy atom. The van der Waals surface area contributed by atoms with Gasteiger partial charge in [-0.2, -0.15) is 17.5 Å². The summed E-state index contributed by atoms with van der Waals surface area (Å²) in [5.41, 5.74) is 2.89. The number of aliphatic carboxylic acids is 1. The molecule has 0 atom stereocenters. The molecule has 0 spiro atoms. The molecule has 3 heterocycles. The molecule has 0 saturated carbocycles. The lowest BCUT2D eigenvalue weighted by Gasteiger charge is -2.33. The molecule has 30 heavy (non-hydrogen) atoms. The molecular formula is C18H22F3N3O5S. The molecule has 166 valence electrons. The fraction of sp³-hybridized carbons (Fsp3) is 0.500. The lowest BCUT2D eigenvalue weighted by atomic mass is 10.1. The van der Waals surface area contributed by atoms with Gasteiger partial charge in [0, 0.05) is 26.2 Å². The van der Waals surface area contributed by atoms with E-state index in [1.165, 1.54) is 11.1 Å². The van der Waals surface area contributed by atoms with Crippen molar-refractivity contribution in [2.45, 2.75) is 30.5 Å². The molecule has 1 aromatic rings. The van der Waals surface area contributed by atoms with Crippen molar-refractivity contribution in [2.24, 2.45) is 0 Å². The highest BCUT2D eigenvalue weighted by molar-refractivity contribution is 7.89. The third-order valence-corrected chi connectivity index (χ3v) is 6.62. The molecule has 0 amide bonds. The number of benzene rings is 1. The smallest absolute Gasteiger partial charge is 0.484 e. The molecule has 3 N–H and O–H groups in total. The summed E-state index contributed by atoms with van der Waals surface area (Å²) in [6.45, 7) is 7.25. The number of rotatable bonds is 2. The van der Waals surface area contributed by atoms with Crippen LogP contribution >= 0.6 is 0 Å². The van der Waals surface area contributed by atoms with E-state index < -0.39 is 22.2 Å². The van der Waals surface area contributed by atoms with Crippen molar-refractivity contribution in [1.29, 1.82) is 0 Å². The standard InChI is InChI=1S/C16H21N3O3S.C2HF3O2/c1-16(2)10-18-14-5-13(3-4-15(14)22-16)23(20,21)19-8-11-6-17-7-12(11)9-19;3-2(4,5)1(6)7/h3-5,17-18H,6-10H2,1-2H3;(H,6,7). The van der Waals surface area contributed by atoms with Crippen molar-refractivity contribution in [3.63, 3.8) is 0 Å². The number of carbonyl (C=O) groups is 1.